The number of hydrogen-bond donors (Lipinski definition) is 0. The summed E-state index contributed by atoms with van der Waals surface area (Å²) in [6.45, 7) is 8.89. The molecule has 0 fully saturated rings. The second-order valence-corrected chi connectivity index (χ2v) is 8.42. The summed E-state index contributed by atoms with van der Waals surface area (Å²) in [6, 6.07) is 24.9. The van der Waals surface area contributed by atoms with Gasteiger partial charge in [0.15, 0.2) is 16.8 Å². The number of halogens is 1. The summed E-state index contributed by atoms with van der Waals surface area (Å²) in [5.74, 6) is 2.79. The molecular weight excluding hydrogens is 559 g/mol. The lowest BCUT2D eigenvalue weighted by Crippen LogP contribution is -3.00. The standard InChI is InChI=1S/C30H29N4O.HI/c1-4-32-25-17-15-22(21-31)19-26(25)33(5-2)29(32)13-10-14-30-34(6-3)27-20-24(16-18-28(27)35-30)23-11-8-7-9-12-23;/h7-20H,4-6H2,1-3H3;1H/q+1;/p-1. The number of rotatable bonds is 6. The van der Waals surface area contributed by atoms with Crippen LogP contribution in [0.4, 0.5) is 5.69 Å². The van der Waals surface area contributed by atoms with Crippen LogP contribution in [0.25, 0.3) is 28.2 Å². The maximum absolute atomic E-state index is 9.35. The minimum Gasteiger partial charge on any atom is -1.00 e. The first kappa shape index (κ1) is 25.5. The maximum atomic E-state index is 9.35. The van der Waals surface area contributed by atoms with Gasteiger partial charge < -0.3 is 33.6 Å². The predicted molar refractivity (Wildman–Crippen MR) is 141 cm³/mol. The second kappa shape index (κ2) is 11.0. The number of imidazole rings is 1. The van der Waals surface area contributed by atoms with Gasteiger partial charge in [0.05, 0.1) is 30.4 Å². The Kier molecular flexibility index (Phi) is 7.80. The maximum Gasteiger partial charge on any atom is 0.282 e. The summed E-state index contributed by atoms with van der Waals surface area (Å²) in [5, 5.41) is 9.35. The van der Waals surface area contributed by atoms with Crippen molar-refractivity contribution in [2.24, 2.45) is 0 Å². The van der Waals surface area contributed by atoms with E-state index in [1.807, 2.05) is 30.3 Å². The minimum absolute atomic E-state index is 0. The number of hydrogen-bond acceptors (Lipinski definition) is 3. The lowest BCUT2D eigenvalue weighted by atomic mass is 10.0. The van der Waals surface area contributed by atoms with Crippen LogP contribution < -0.4 is 38.2 Å². The van der Waals surface area contributed by atoms with E-state index >= 15 is 0 Å². The van der Waals surface area contributed by atoms with Crippen molar-refractivity contribution in [2.75, 3.05) is 11.4 Å². The fourth-order valence-corrected chi connectivity index (χ4v) is 4.85. The first-order valence-electron chi connectivity index (χ1n) is 12.2. The number of benzene rings is 3. The third-order valence-corrected chi connectivity index (χ3v) is 6.51. The van der Waals surface area contributed by atoms with E-state index in [1.165, 1.54) is 11.1 Å². The van der Waals surface area contributed by atoms with E-state index in [0.717, 1.165) is 53.8 Å². The quantitative estimate of drug-likeness (QED) is 0.257. The highest BCUT2D eigenvalue weighted by Crippen LogP contribution is 2.41. The van der Waals surface area contributed by atoms with Gasteiger partial charge in [0, 0.05) is 18.7 Å². The Hall–Kier alpha value is -3.57. The predicted octanol–water partition coefficient (Wildman–Crippen LogP) is 3.28. The largest absolute Gasteiger partial charge is 1.00 e. The molecule has 0 N–H and O–H groups in total. The molecule has 0 radical (unpaired) electrons. The molecule has 1 aliphatic heterocycles. The van der Waals surface area contributed by atoms with Crippen LogP contribution in [0.15, 0.2) is 84.8 Å². The SMILES string of the molecule is CCN1/C(=C\C=C\c2n(CC)c3cc(C#N)ccc3[n+]2CC)Oc2ccc(-c3ccccc3)cc21.[I-]. The van der Waals surface area contributed by atoms with Gasteiger partial charge in [-0.2, -0.15) is 5.26 Å². The van der Waals surface area contributed by atoms with Crippen molar-refractivity contribution in [3.8, 4) is 22.9 Å². The third kappa shape index (κ3) is 4.51. The molecule has 0 saturated heterocycles. The van der Waals surface area contributed by atoms with E-state index < -0.39 is 0 Å². The molecule has 3 aromatic carbocycles. The lowest BCUT2D eigenvalue weighted by Gasteiger charge is -2.15. The Balaban J connectivity index is 0.00000304. The van der Waals surface area contributed by atoms with Gasteiger partial charge in [-0.15, -0.1) is 0 Å². The highest BCUT2D eigenvalue weighted by molar-refractivity contribution is 5.77. The zero-order chi connectivity index (χ0) is 24.4. The average molecular weight is 588 g/mol. The van der Waals surface area contributed by atoms with Crippen molar-refractivity contribution in [3.05, 3.63) is 96.2 Å². The van der Waals surface area contributed by atoms with Crippen molar-refractivity contribution in [2.45, 2.75) is 33.9 Å². The lowest BCUT2D eigenvalue weighted by molar-refractivity contribution is -0.670. The normalized spacial score (nSPS) is 13.6. The Morgan fingerprint density at radius 3 is 2.44 bits per heavy atom. The molecule has 1 aromatic heterocycles. The van der Waals surface area contributed by atoms with Gasteiger partial charge >= 0.3 is 0 Å². The summed E-state index contributed by atoms with van der Waals surface area (Å²) in [6.07, 6.45) is 6.21. The Bertz CT molecular complexity index is 1500. The summed E-state index contributed by atoms with van der Waals surface area (Å²) in [7, 11) is 0. The van der Waals surface area contributed by atoms with E-state index in [-0.39, 0.29) is 24.0 Å². The summed E-state index contributed by atoms with van der Waals surface area (Å²) >= 11 is 0. The van der Waals surface area contributed by atoms with Crippen LogP contribution in [0.3, 0.4) is 0 Å². The number of anilines is 1. The summed E-state index contributed by atoms with van der Waals surface area (Å²) in [4.78, 5) is 2.20. The van der Waals surface area contributed by atoms with Gasteiger partial charge in [0.25, 0.3) is 5.82 Å². The van der Waals surface area contributed by atoms with Crippen LogP contribution in [0.2, 0.25) is 0 Å². The molecule has 0 bridgehead atoms. The van der Waals surface area contributed by atoms with E-state index in [9.17, 15) is 5.26 Å². The molecule has 6 heteroatoms. The smallest absolute Gasteiger partial charge is 0.282 e. The van der Waals surface area contributed by atoms with E-state index in [0.29, 0.717) is 5.56 Å². The van der Waals surface area contributed by atoms with Crippen molar-refractivity contribution in [1.29, 1.82) is 5.26 Å². The molecule has 36 heavy (non-hydrogen) atoms. The summed E-state index contributed by atoms with van der Waals surface area (Å²) in [5.41, 5.74) is 6.35. The molecule has 2 heterocycles. The second-order valence-electron chi connectivity index (χ2n) is 8.42. The van der Waals surface area contributed by atoms with Crippen molar-refractivity contribution in [1.82, 2.24) is 4.57 Å². The molecule has 0 atom stereocenters. The van der Waals surface area contributed by atoms with Gasteiger partial charge in [-0.25, -0.2) is 9.13 Å². The first-order chi connectivity index (χ1) is 17.2. The topological polar surface area (TPSA) is 45.1 Å². The van der Waals surface area contributed by atoms with Crippen molar-refractivity contribution < 1.29 is 33.3 Å². The van der Waals surface area contributed by atoms with Gasteiger partial charge in [-0.1, -0.05) is 36.4 Å². The van der Waals surface area contributed by atoms with Crippen molar-refractivity contribution in [3.63, 3.8) is 0 Å². The Labute approximate surface area is 229 Å². The molecule has 0 aliphatic carbocycles. The van der Waals surface area contributed by atoms with Crippen LogP contribution in [0.5, 0.6) is 5.75 Å². The molecule has 5 nitrogen and oxygen atoms in total. The monoisotopic (exact) mass is 588 g/mol. The fraction of sp³-hybridized carbons (Fsp3) is 0.200. The number of nitrogens with zero attached hydrogens (tertiary/aromatic N) is 4. The van der Waals surface area contributed by atoms with Crippen LogP contribution in [-0.4, -0.2) is 11.1 Å². The number of aryl methyl sites for hydroxylation is 2. The van der Waals surface area contributed by atoms with E-state index in [2.05, 4.69) is 95.5 Å². The van der Waals surface area contributed by atoms with Crippen molar-refractivity contribution >= 4 is 22.8 Å². The van der Waals surface area contributed by atoms with Crippen LogP contribution in [0.1, 0.15) is 32.2 Å². The van der Waals surface area contributed by atoms with Gasteiger partial charge in [0.1, 0.15) is 0 Å². The Morgan fingerprint density at radius 2 is 1.75 bits per heavy atom. The molecule has 0 saturated carbocycles. The number of ether oxygens (including phenoxy) is 1. The molecule has 4 aromatic rings. The number of nitriles is 1. The van der Waals surface area contributed by atoms with Crippen LogP contribution >= 0.6 is 0 Å². The van der Waals surface area contributed by atoms with Crippen LogP contribution in [0, 0.1) is 11.3 Å². The van der Waals surface area contributed by atoms with E-state index in [4.69, 9.17) is 4.74 Å². The molecule has 1 aliphatic rings. The minimum atomic E-state index is 0. The molecule has 0 unspecified atom stereocenters. The summed E-state index contributed by atoms with van der Waals surface area (Å²) < 4.78 is 10.8. The Morgan fingerprint density at radius 1 is 0.944 bits per heavy atom. The highest BCUT2D eigenvalue weighted by Gasteiger charge is 2.25. The highest BCUT2D eigenvalue weighted by atomic mass is 127. The first-order valence-corrected chi connectivity index (χ1v) is 12.2. The van der Waals surface area contributed by atoms with Gasteiger partial charge in [0.2, 0.25) is 5.88 Å². The zero-order valence-corrected chi connectivity index (χ0v) is 22.9. The molecule has 182 valence electrons. The zero-order valence-electron chi connectivity index (χ0n) is 20.8. The number of fused-ring (bicyclic) bond motifs is 2. The number of aromatic nitrogens is 2. The van der Waals surface area contributed by atoms with Gasteiger partial charge in [-0.3, -0.25) is 0 Å². The fourth-order valence-electron chi connectivity index (χ4n) is 4.85. The number of allylic oxidation sites excluding steroid dienone is 2. The molecular formula is C30H29IN4O. The molecule has 0 spiro atoms. The van der Waals surface area contributed by atoms with E-state index in [1.54, 1.807) is 0 Å². The average Bonchev–Trinajstić information content (AvgIpc) is 3.41. The molecule has 0 amide bonds. The molecule has 5 rings (SSSR count). The van der Waals surface area contributed by atoms with Crippen LogP contribution in [-0.2, 0) is 13.1 Å². The van der Waals surface area contributed by atoms with Gasteiger partial charge in [-0.05, 0) is 68.3 Å². The third-order valence-electron chi connectivity index (χ3n) is 6.51.